The molecule has 112 valence electrons. The second-order valence-corrected chi connectivity index (χ2v) is 6.26. The van der Waals surface area contributed by atoms with Crippen LogP contribution in [0.25, 0.3) is 0 Å². The predicted molar refractivity (Wildman–Crippen MR) is 86.1 cm³/mol. The van der Waals surface area contributed by atoms with Crippen molar-refractivity contribution in [1.29, 1.82) is 0 Å². The Labute approximate surface area is 123 Å². The first-order valence-electron chi connectivity index (χ1n) is 7.50. The van der Waals surface area contributed by atoms with Gasteiger partial charge in [-0.05, 0) is 36.0 Å². The van der Waals surface area contributed by atoms with Crippen molar-refractivity contribution in [3.63, 3.8) is 0 Å². The van der Waals surface area contributed by atoms with E-state index in [0.29, 0.717) is 6.54 Å². The van der Waals surface area contributed by atoms with Crippen molar-refractivity contribution in [1.82, 2.24) is 5.32 Å². The molecule has 0 unspecified atom stereocenters. The maximum absolute atomic E-state index is 11.8. The summed E-state index contributed by atoms with van der Waals surface area (Å²) >= 11 is 0. The second kappa shape index (κ2) is 7.32. The molecule has 1 amide bonds. The number of nitrogens with one attached hydrogen (secondary N) is 2. The molecule has 0 aliphatic rings. The topological polar surface area (TPSA) is 41.1 Å². The van der Waals surface area contributed by atoms with Gasteiger partial charge < -0.3 is 10.6 Å². The van der Waals surface area contributed by atoms with Gasteiger partial charge in [-0.25, -0.2) is 0 Å². The Morgan fingerprint density at radius 1 is 1.10 bits per heavy atom. The Hall–Kier alpha value is -1.51. The molecule has 20 heavy (non-hydrogen) atoms. The number of benzene rings is 1. The van der Waals surface area contributed by atoms with Crippen molar-refractivity contribution in [3.05, 3.63) is 29.8 Å². The maximum Gasteiger partial charge on any atom is 0.239 e. The minimum atomic E-state index is 0.0543. The van der Waals surface area contributed by atoms with Crippen molar-refractivity contribution in [2.24, 2.45) is 0 Å². The highest BCUT2D eigenvalue weighted by Gasteiger charge is 2.13. The molecule has 0 heterocycles. The molecule has 2 N–H and O–H groups in total. The van der Waals surface area contributed by atoms with E-state index in [9.17, 15) is 4.79 Å². The van der Waals surface area contributed by atoms with Crippen LogP contribution in [0.15, 0.2) is 24.3 Å². The second-order valence-electron chi connectivity index (χ2n) is 6.26. The maximum atomic E-state index is 11.8. The van der Waals surface area contributed by atoms with Crippen LogP contribution in [0.1, 0.15) is 53.0 Å². The summed E-state index contributed by atoms with van der Waals surface area (Å²) in [7, 11) is 0. The van der Waals surface area contributed by atoms with Gasteiger partial charge in [0.15, 0.2) is 0 Å². The summed E-state index contributed by atoms with van der Waals surface area (Å²) in [6, 6.07) is 8.57. The van der Waals surface area contributed by atoms with Gasteiger partial charge in [0.05, 0.1) is 6.54 Å². The lowest BCUT2D eigenvalue weighted by Crippen LogP contribution is -2.37. The average Bonchev–Trinajstić information content (AvgIpc) is 2.42. The van der Waals surface area contributed by atoms with Gasteiger partial charge in [-0.1, -0.05) is 46.8 Å². The van der Waals surface area contributed by atoms with Gasteiger partial charge in [0.2, 0.25) is 5.91 Å². The SMILES string of the molecule is CCC(CC)NC(=O)CNc1ccc(C(C)(C)C)cc1. The molecule has 0 bridgehead atoms. The largest absolute Gasteiger partial charge is 0.376 e. The molecular weight excluding hydrogens is 248 g/mol. The van der Waals surface area contributed by atoms with Crippen LogP contribution in [-0.2, 0) is 10.2 Å². The quantitative estimate of drug-likeness (QED) is 0.832. The summed E-state index contributed by atoms with van der Waals surface area (Å²) in [6.45, 7) is 11.1. The Bertz CT molecular complexity index is 414. The van der Waals surface area contributed by atoms with Crippen molar-refractivity contribution in [3.8, 4) is 0 Å². The summed E-state index contributed by atoms with van der Waals surface area (Å²) in [5.74, 6) is 0.0543. The number of rotatable bonds is 6. The van der Waals surface area contributed by atoms with E-state index in [1.54, 1.807) is 0 Å². The highest BCUT2D eigenvalue weighted by molar-refractivity contribution is 5.80. The molecular formula is C17H28N2O. The zero-order valence-electron chi connectivity index (χ0n) is 13.4. The average molecular weight is 276 g/mol. The first-order valence-corrected chi connectivity index (χ1v) is 7.50. The summed E-state index contributed by atoms with van der Waals surface area (Å²) < 4.78 is 0. The van der Waals surface area contributed by atoms with E-state index in [-0.39, 0.29) is 17.4 Å². The summed E-state index contributed by atoms with van der Waals surface area (Å²) in [5.41, 5.74) is 2.44. The monoisotopic (exact) mass is 276 g/mol. The fourth-order valence-electron chi connectivity index (χ4n) is 2.04. The fraction of sp³-hybridized carbons (Fsp3) is 0.588. The Kier molecular flexibility index (Phi) is 6.05. The molecule has 0 saturated heterocycles. The van der Waals surface area contributed by atoms with Gasteiger partial charge in [-0.2, -0.15) is 0 Å². The van der Waals surface area contributed by atoms with E-state index in [4.69, 9.17) is 0 Å². The highest BCUT2D eigenvalue weighted by Crippen LogP contribution is 2.23. The molecule has 1 aromatic carbocycles. The van der Waals surface area contributed by atoms with Gasteiger partial charge in [-0.3, -0.25) is 4.79 Å². The van der Waals surface area contributed by atoms with Crippen LogP contribution >= 0.6 is 0 Å². The Morgan fingerprint density at radius 3 is 2.10 bits per heavy atom. The summed E-state index contributed by atoms with van der Waals surface area (Å²) in [5, 5.41) is 6.19. The number of carbonyl (C=O) groups is 1. The van der Waals surface area contributed by atoms with Crippen molar-refractivity contribution < 1.29 is 4.79 Å². The summed E-state index contributed by atoms with van der Waals surface area (Å²) in [6.07, 6.45) is 1.95. The van der Waals surface area contributed by atoms with Crippen LogP contribution in [0.4, 0.5) is 5.69 Å². The molecule has 0 aromatic heterocycles. The van der Waals surface area contributed by atoms with Crippen LogP contribution < -0.4 is 10.6 Å². The molecule has 0 atom stereocenters. The smallest absolute Gasteiger partial charge is 0.239 e. The van der Waals surface area contributed by atoms with Crippen LogP contribution in [0.3, 0.4) is 0 Å². The lowest BCUT2D eigenvalue weighted by Gasteiger charge is -2.19. The molecule has 0 radical (unpaired) electrons. The van der Waals surface area contributed by atoms with Crippen LogP contribution in [0.5, 0.6) is 0 Å². The molecule has 0 aliphatic carbocycles. The van der Waals surface area contributed by atoms with Crippen LogP contribution in [0, 0.1) is 0 Å². The van der Waals surface area contributed by atoms with E-state index >= 15 is 0 Å². The molecule has 1 rings (SSSR count). The van der Waals surface area contributed by atoms with Crippen molar-refractivity contribution in [2.45, 2.75) is 58.9 Å². The highest BCUT2D eigenvalue weighted by atomic mass is 16.1. The van der Waals surface area contributed by atoms with Crippen LogP contribution in [0.2, 0.25) is 0 Å². The third kappa shape index (κ3) is 5.24. The van der Waals surface area contributed by atoms with Crippen LogP contribution in [-0.4, -0.2) is 18.5 Å². The normalized spacial score (nSPS) is 11.5. The number of hydrogen-bond donors (Lipinski definition) is 2. The van der Waals surface area contributed by atoms with E-state index in [1.165, 1.54) is 5.56 Å². The van der Waals surface area contributed by atoms with E-state index < -0.39 is 0 Å². The molecule has 0 spiro atoms. The zero-order valence-corrected chi connectivity index (χ0v) is 13.4. The van der Waals surface area contributed by atoms with Gasteiger partial charge in [0, 0.05) is 11.7 Å². The lowest BCUT2D eigenvalue weighted by atomic mass is 9.87. The first kappa shape index (κ1) is 16.5. The third-order valence-electron chi connectivity index (χ3n) is 3.55. The minimum Gasteiger partial charge on any atom is -0.376 e. The van der Waals surface area contributed by atoms with Crippen molar-refractivity contribution in [2.75, 3.05) is 11.9 Å². The first-order chi connectivity index (χ1) is 9.36. The lowest BCUT2D eigenvalue weighted by molar-refractivity contribution is -0.120. The molecule has 1 aromatic rings. The number of hydrogen-bond acceptors (Lipinski definition) is 2. The molecule has 3 nitrogen and oxygen atoms in total. The minimum absolute atomic E-state index is 0.0543. The number of anilines is 1. The number of carbonyl (C=O) groups excluding carboxylic acids is 1. The van der Waals surface area contributed by atoms with E-state index in [2.05, 4.69) is 57.4 Å². The predicted octanol–water partition coefficient (Wildman–Crippen LogP) is 3.70. The Balaban J connectivity index is 2.48. The molecule has 0 saturated carbocycles. The molecule has 0 fully saturated rings. The van der Waals surface area contributed by atoms with Gasteiger partial charge in [0.25, 0.3) is 0 Å². The van der Waals surface area contributed by atoms with Gasteiger partial charge >= 0.3 is 0 Å². The third-order valence-corrected chi connectivity index (χ3v) is 3.55. The van der Waals surface area contributed by atoms with E-state index in [1.807, 2.05) is 12.1 Å². The fourth-order valence-corrected chi connectivity index (χ4v) is 2.04. The standard InChI is InChI=1S/C17H28N2O/c1-6-14(7-2)19-16(20)12-18-15-10-8-13(9-11-15)17(3,4)5/h8-11,14,18H,6-7,12H2,1-5H3,(H,19,20). The summed E-state index contributed by atoms with van der Waals surface area (Å²) in [4.78, 5) is 11.8. The van der Waals surface area contributed by atoms with E-state index in [0.717, 1.165) is 18.5 Å². The molecule has 3 heteroatoms. The zero-order chi connectivity index (χ0) is 15.2. The Morgan fingerprint density at radius 2 is 1.65 bits per heavy atom. The van der Waals surface area contributed by atoms with Crippen molar-refractivity contribution >= 4 is 11.6 Å². The van der Waals surface area contributed by atoms with Gasteiger partial charge in [-0.15, -0.1) is 0 Å². The molecule has 0 aliphatic heterocycles. The number of amides is 1. The van der Waals surface area contributed by atoms with Gasteiger partial charge in [0.1, 0.15) is 0 Å².